The summed E-state index contributed by atoms with van der Waals surface area (Å²) in [5.74, 6) is -1.51. The summed E-state index contributed by atoms with van der Waals surface area (Å²) in [5, 5.41) is 10.9. The van der Waals surface area contributed by atoms with Gasteiger partial charge in [-0.05, 0) is 18.1 Å². The average Bonchev–Trinajstić information content (AvgIpc) is 2.40. The molecule has 108 valence electrons. The lowest BCUT2D eigenvalue weighted by molar-refractivity contribution is -0.386. The molecule has 1 aliphatic rings. The van der Waals surface area contributed by atoms with Crippen molar-refractivity contribution in [2.75, 3.05) is 13.2 Å². The van der Waals surface area contributed by atoms with Gasteiger partial charge in [0.15, 0.2) is 0 Å². The molecular formula is C12H10F3NO4. The van der Waals surface area contributed by atoms with Gasteiger partial charge in [0.25, 0.3) is 0 Å². The molecule has 0 unspecified atom stereocenters. The Morgan fingerprint density at radius 1 is 1.40 bits per heavy atom. The number of nitro benzene ring substituents is 1. The van der Waals surface area contributed by atoms with Crippen LogP contribution < -0.4 is 4.74 Å². The van der Waals surface area contributed by atoms with Gasteiger partial charge in [-0.2, -0.15) is 8.78 Å². The second kappa shape index (κ2) is 5.91. The summed E-state index contributed by atoms with van der Waals surface area (Å²) in [5.41, 5.74) is -0.387. The van der Waals surface area contributed by atoms with Crippen LogP contribution in [0.2, 0.25) is 0 Å². The van der Waals surface area contributed by atoms with E-state index in [9.17, 15) is 23.3 Å². The standard InChI is InChI=1S/C12H10F3NO4/c13-8-5-9(7-1-3-19-4-2-7)11(20-12(14)15)10(6-8)16(17)18/h1,5-6,12H,2-4H2. The molecule has 0 bridgehead atoms. The first-order valence-corrected chi connectivity index (χ1v) is 5.69. The van der Waals surface area contributed by atoms with Crippen molar-refractivity contribution in [3.8, 4) is 5.75 Å². The third-order valence-electron chi connectivity index (χ3n) is 2.75. The predicted molar refractivity (Wildman–Crippen MR) is 63.1 cm³/mol. The van der Waals surface area contributed by atoms with Crippen molar-refractivity contribution in [3.05, 3.63) is 39.7 Å². The molecule has 0 saturated heterocycles. The third kappa shape index (κ3) is 3.08. The number of hydrogen-bond acceptors (Lipinski definition) is 4. The van der Waals surface area contributed by atoms with Crippen LogP contribution in [0.25, 0.3) is 5.57 Å². The number of rotatable bonds is 4. The molecule has 0 radical (unpaired) electrons. The van der Waals surface area contributed by atoms with Crippen molar-refractivity contribution in [2.45, 2.75) is 13.0 Å². The number of halogens is 3. The van der Waals surface area contributed by atoms with Crippen LogP contribution in [0.4, 0.5) is 18.9 Å². The second-order valence-electron chi connectivity index (χ2n) is 3.99. The third-order valence-corrected chi connectivity index (χ3v) is 2.75. The van der Waals surface area contributed by atoms with Crippen LogP contribution in [0.15, 0.2) is 18.2 Å². The van der Waals surface area contributed by atoms with Crippen molar-refractivity contribution in [1.82, 2.24) is 0 Å². The summed E-state index contributed by atoms with van der Waals surface area (Å²) in [7, 11) is 0. The summed E-state index contributed by atoms with van der Waals surface area (Å²) in [6, 6.07) is 1.50. The van der Waals surface area contributed by atoms with Crippen molar-refractivity contribution < 1.29 is 27.6 Å². The van der Waals surface area contributed by atoms with Crippen molar-refractivity contribution in [3.63, 3.8) is 0 Å². The molecule has 0 aromatic heterocycles. The van der Waals surface area contributed by atoms with Crippen molar-refractivity contribution in [1.29, 1.82) is 0 Å². The van der Waals surface area contributed by atoms with Crippen LogP contribution in [0, 0.1) is 15.9 Å². The van der Waals surface area contributed by atoms with Crippen LogP contribution in [0.1, 0.15) is 12.0 Å². The van der Waals surface area contributed by atoms with Gasteiger partial charge >= 0.3 is 12.3 Å². The molecule has 0 aliphatic carbocycles. The first-order valence-electron chi connectivity index (χ1n) is 5.69. The van der Waals surface area contributed by atoms with Gasteiger partial charge in [0.2, 0.25) is 5.75 Å². The van der Waals surface area contributed by atoms with Gasteiger partial charge in [-0.3, -0.25) is 10.1 Å². The molecule has 0 spiro atoms. The molecule has 0 atom stereocenters. The molecular weight excluding hydrogens is 279 g/mol. The zero-order valence-electron chi connectivity index (χ0n) is 10.1. The largest absolute Gasteiger partial charge is 0.427 e. The Kier molecular flexibility index (Phi) is 4.23. The average molecular weight is 289 g/mol. The lowest BCUT2D eigenvalue weighted by Crippen LogP contribution is -2.10. The molecule has 1 aromatic carbocycles. The number of hydrogen-bond donors (Lipinski definition) is 0. The zero-order chi connectivity index (χ0) is 14.7. The number of nitro groups is 1. The van der Waals surface area contributed by atoms with Gasteiger partial charge in [-0.1, -0.05) is 6.08 Å². The number of alkyl halides is 2. The molecule has 1 aromatic rings. The van der Waals surface area contributed by atoms with Crippen LogP contribution in [-0.2, 0) is 4.74 Å². The Morgan fingerprint density at radius 2 is 2.15 bits per heavy atom. The second-order valence-corrected chi connectivity index (χ2v) is 3.99. The number of benzene rings is 1. The summed E-state index contributed by atoms with van der Waals surface area (Å²) in [6.07, 6.45) is 1.89. The summed E-state index contributed by atoms with van der Waals surface area (Å²) < 4.78 is 47.6. The van der Waals surface area contributed by atoms with E-state index >= 15 is 0 Å². The Bertz CT molecular complexity index is 560. The maximum absolute atomic E-state index is 13.5. The molecule has 2 rings (SSSR count). The van der Waals surface area contributed by atoms with Gasteiger partial charge in [0.05, 0.1) is 24.2 Å². The van der Waals surface area contributed by atoms with Gasteiger partial charge in [-0.25, -0.2) is 4.39 Å². The lowest BCUT2D eigenvalue weighted by Gasteiger charge is -2.17. The highest BCUT2D eigenvalue weighted by Gasteiger charge is 2.26. The van der Waals surface area contributed by atoms with Crippen LogP contribution in [0.3, 0.4) is 0 Å². The maximum atomic E-state index is 13.5. The quantitative estimate of drug-likeness (QED) is 0.631. The van der Waals surface area contributed by atoms with Gasteiger partial charge in [0.1, 0.15) is 5.82 Å². The minimum Gasteiger partial charge on any atom is -0.427 e. The van der Waals surface area contributed by atoms with E-state index < -0.39 is 28.8 Å². The van der Waals surface area contributed by atoms with E-state index in [1.165, 1.54) is 0 Å². The van der Waals surface area contributed by atoms with Crippen LogP contribution in [0.5, 0.6) is 5.75 Å². The van der Waals surface area contributed by atoms with Crippen molar-refractivity contribution >= 4 is 11.3 Å². The summed E-state index contributed by atoms with van der Waals surface area (Å²) in [6.45, 7) is -2.68. The fraction of sp³-hybridized carbons (Fsp3) is 0.333. The molecule has 5 nitrogen and oxygen atoms in total. The normalized spacial score (nSPS) is 15.1. The summed E-state index contributed by atoms with van der Waals surface area (Å²) >= 11 is 0. The molecule has 0 amide bonds. The fourth-order valence-electron chi connectivity index (χ4n) is 1.94. The minimum atomic E-state index is -3.24. The molecule has 0 saturated carbocycles. The minimum absolute atomic E-state index is 0.0414. The fourth-order valence-corrected chi connectivity index (χ4v) is 1.94. The first kappa shape index (κ1) is 14.3. The van der Waals surface area contributed by atoms with E-state index in [2.05, 4.69) is 4.74 Å². The highest BCUT2D eigenvalue weighted by atomic mass is 19.3. The van der Waals surface area contributed by atoms with E-state index in [1.54, 1.807) is 6.08 Å². The first-order chi connectivity index (χ1) is 9.49. The van der Waals surface area contributed by atoms with E-state index in [4.69, 9.17) is 4.74 Å². The predicted octanol–water partition coefficient (Wildman–Crippen LogP) is 3.14. The smallest absolute Gasteiger partial charge is 0.387 e. The molecule has 0 fully saturated rings. The molecule has 20 heavy (non-hydrogen) atoms. The molecule has 8 heteroatoms. The van der Waals surface area contributed by atoms with E-state index in [0.717, 1.165) is 6.07 Å². The highest BCUT2D eigenvalue weighted by Crippen LogP contribution is 2.39. The molecule has 1 aliphatic heterocycles. The summed E-state index contributed by atoms with van der Waals surface area (Å²) in [4.78, 5) is 9.91. The van der Waals surface area contributed by atoms with Crippen LogP contribution >= 0.6 is 0 Å². The number of nitrogens with zero attached hydrogens (tertiary/aromatic N) is 1. The number of ether oxygens (including phenoxy) is 2. The molecule has 1 heterocycles. The SMILES string of the molecule is O=[N+]([O-])c1cc(F)cc(C2=CCOCC2)c1OC(F)F. The Morgan fingerprint density at radius 3 is 2.70 bits per heavy atom. The Labute approximate surface area is 111 Å². The molecule has 0 N–H and O–H groups in total. The maximum Gasteiger partial charge on any atom is 0.387 e. The van der Waals surface area contributed by atoms with E-state index in [-0.39, 0.29) is 12.2 Å². The van der Waals surface area contributed by atoms with Gasteiger partial charge in [0, 0.05) is 5.56 Å². The van der Waals surface area contributed by atoms with Gasteiger partial charge in [-0.15, -0.1) is 0 Å². The Balaban J connectivity index is 2.57. The topological polar surface area (TPSA) is 61.6 Å². The highest BCUT2D eigenvalue weighted by molar-refractivity contribution is 5.75. The van der Waals surface area contributed by atoms with Crippen molar-refractivity contribution in [2.24, 2.45) is 0 Å². The van der Waals surface area contributed by atoms with Crippen LogP contribution in [-0.4, -0.2) is 24.7 Å². The van der Waals surface area contributed by atoms with Gasteiger partial charge < -0.3 is 9.47 Å². The lowest BCUT2D eigenvalue weighted by atomic mass is 9.99. The van der Waals surface area contributed by atoms with E-state index in [1.807, 2.05) is 0 Å². The zero-order valence-corrected chi connectivity index (χ0v) is 10.1. The monoisotopic (exact) mass is 289 g/mol. The Hall–Kier alpha value is -2.09. The van der Waals surface area contributed by atoms with E-state index in [0.29, 0.717) is 24.7 Å².